The van der Waals surface area contributed by atoms with Crippen molar-refractivity contribution in [2.24, 2.45) is 0 Å². The minimum Gasteiger partial charge on any atom is -0.756 e. The summed E-state index contributed by atoms with van der Waals surface area (Å²) in [6.07, 6.45) is -11.2. The maximum atomic E-state index is 13.0. The third kappa shape index (κ3) is 5.39. The molecule has 25 heteroatoms. The maximum Gasteiger partial charge on any atom is 0.280 e. The number of imidazole rings is 2. The zero-order valence-corrected chi connectivity index (χ0v) is 24.9. The number of hydrogen-bond acceptors (Lipinski definition) is 19. The van der Waals surface area contributed by atoms with Gasteiger partial charge in [0.25, 0.3) is 26.8 Å². The van der Waals surface area contributed by atoms with E-state index in [1.54, 1.807) is 0 Å². The topological polar surface area (TPSA) is 329 Å². The molecule has 0 spiro atoms. The molecule has 7 rings (SSSR count). The molecule has 46 heavy (non-hydrogen) atoms. The lowest BCUT2D eigenvalue weighted by Gasteiger charge is -2.34. The number of nitrogens with one attached hydrogen (secondary N) is 2. The van der Waals surface area contributed by atoms with E-state index in [-0.39, 0.29) is 34.1 Å². The molecule has 0 aliphatic carbocycles. The molecule has 0 bridgehead atoms. The van der Waals surface area contributed by atoms with E-state index < -0.39 is 89.1 Å². The Morgan fingerprint density at radius 2 is 1.30 bits per heavy atom. The van der Waals surface area contributed by atoms with Gasteiger partial charge in [-0.05, 0) is 6.92 Å². The van der Waals surface area contributed by atoms with E-state index in [4.69, 9.17) is 33.3 Å². The summed E-state index contributed by atoms with van der Waals surface area (Å²) in [5.74, 6) is -0.0923. The van der Waals surface area contributed by atoms with Crippen LogP contribution in [0.2, 0.25) is 0 Å². The number of hydrogen-bond donors (Lipinski definition) is 5. The first-order valence-electron chi connectivity index (χ1n) is 13.3. The van der Waals surface area contributed by atoms with Gasteiger partial charge in [-0.25, -0.2) is 15.0 Å². The van der Waals surface area contributed by atoms with E-state index >= 15 is 0 Å². The number of aryl methyl sites for hydroxylation is 1. The van der Waals surface area contributed by atoms with Gasteiger partial charge >= 0.3 is 0 Å². The van der Waals surface area contributed by atoms with Crippen molar-refractivity contribution in [2.75, 3.05) is 18.9 Å². The molecule has 7 heterocycles. The number of rotatable bonds is 2. The highest BCUT2D eigenvalue weighted by molar-refractivity contribution is 7.46. The number of H-pyrrole nitrogens is 2. The van der Waals surface area contributed by atoms with Gasteiger partial charge in [0.2, 0.25) is 5.95 Å². The summed E-state index contributed by atoms with van der Waals surface area (Å²) in [4.78, 5) is 71.1. The summed E-state index contributed by atoms with van der Waals surface area (Å²) in [6.45, 7) is -0.388. The van der Waals surface area contributed by atoms with Crippen LogP contribution >= 0.6 is 15.6 Å². The van der Waals surface area contributed by atoms with Gasteiger partial charge in [0.05, 0.1) is 25.9 Å². The Morgan fingerprint density at radius 3 is 1.80 bits per heavy atom. The fraction of sp³-hybridized carbons (Fsp3) is 0.524. The summed E-state index contributed by atoms with van der Waals surface area (Å²) in [5, 5.41) is 22.2. The van der Waals surface area contributed by atoms with E-state index in [2.05, 4.69) is 29.9 Å². The highest BCUT2D eigenvalue weighted by Crippen LogP contribution is 2.50. The molecule has 4 unspecified atom stereocenters. The first kappa shape index (κ1) is 31.2. The van der Waals surface area contributed by atoms with Crippen LogP contribution in [0.25, 0.3) is 22.3 Å². The Kier molecular flexibility index (Phi) is 7.51. The van der Waals surface area contributed by atoms with Crippen molar-refractivity contribution in [3.05, 3.63) is 39.2 Å². The van der Waals surface area contributed by atoms with Gasteiger partial charge in [-0.1, -0.05) is 0 Å². The number of nitrogens with two attached hydrogens (primary N) is 1. The van der Waals surface area contributed by atoms with Crippen molar-refractivity contribution in [1.82, 2.24) is 39.0 Å². The molecule has 0 aromatic carbocycles. The second kappa shape index (κ2) is 11.1. The van der Waals surface area contributed by atoms with Gasteiger partial charge in [-0.2, -0.15) is 4.98 Å². The van der Waals surface area contributed by atoms with Crippen molar-refractivity contribution in [3.8, 4) is 0 Å². The van der Waals surface area contributed by atoms with Crippen LogP contribution in [0, 0.1) is 6.92 Å². The number of fused-ring (bicyclic) bond motifs is 4. The molecule has 4 aromatic heterocycles. The number of phosphoric ester groups is 2. The molecule has 0 amide bonds. The smallest absolute Gasteiger partial charge is 0.280 e. The zero-order valence-electron chi connectivity index (χ0n) is 23.1. The van der Waals surface area contributed by atoms with Crippen molar-refractivity contribution in [3.63, 3.8) is 0 Å². The lowest BCUT2D eigenvalue weighted by molar-refractivity contribution is -0.244. The van der Waals surface area contributed by atoms with Crippen molar-refractivity contribution < 1.29 is 56.7 Å². The van der Waals surface area contributed by atoms with Gasteiger partial charge in [-0.3, -0.25) is 32.8 Å². The second-order valence-corrected chi connectivity index (χ2v) is 13.2. The fourth-order valence-electron chi connectivity index (χ4n) is 5.47. The highest BCUT2D eigenvalue weighted by Gasteiger charge is 2.51. The first-order valence-corrected chi connectivity index (χ1v) is 16.2. The monoisotopic (exact) mass is 687 g/mol. The fourth-order valence-corrected chi connectivity index (χ4v) is 7.37. The molecule has 6 N–H and O–H groups in total. The number of aromatic amines is 2. The number of nitrogens with zero attached hydrogens (tertiary/aromatic N) is 6. The lowest BCUT2D eigenvalue weighted by atomic mass is 10.1. The molecule has 3 fully saturated rings. The quantitative estimate of drug-likeness (QED) is 0.127. The van der Waals surface area contributed by atoms with Crippen molar-refractivity contribution in [1.29, 1.82) is 0 Å². The molecule has 4 aromatic rings. The summed E-state index contributed by atoms with van der Waals surface area (Å²) < 4.78 is 59.8. The number of aromatic nitrogens is 8. The van der Waals surface area contributed by atoms with Crippen LogP contribution in [0.3, 0.4) is 0 Å². The summed E-state index contributed by atoms with van der Waals surface area (Å²) in [7, 11) is -10.7. The summed E-state index contributed by atoms with van der Waals surface area (Å²) in [5.41, 5.74) is 3.85. The van der Waals surface area contributed by atoms with E-state index in [0.29, 0.717) is 0 Å². The van der Waals surface area contributed by atoms with E-state index in [9.17, 15) is 38.7 Å². The number of ether oxygens (including phenoxy) is 2. The van der Waals surface area contributed by atoms with Crippen LogP contribution in [0.1, 0.15) is 18.3 Å². The number of anilines is 1. The normalized spacial score (nSPS) is 37.2. The second-order valence-electron chi connectivity index (χ2n) is 10.5. The van der Waals surface area contributed by atoms with Crippen molar-refractivity contribution >= 4 is 43.9 Å². The lowest BCUT2D eigenvalue weighted by Crippen LogP contribution is -2.41. The molecule has 23 nitrogen and oxygen atoms in total. The van der Waals surface area contributed by atoms with Gasteiger partial charge in [0.15, 0.2) is 34.8 Å². The Morgan fingerprint density at radius 1 is 0.848 bits per heavy atom. The zero-order chi connectivity index (χ0) is 32.7. The van der Waals surface area contributed by atoms with Crippen LogP contribution in [0.15, 0.2) is 22.2 Å². The predicted molar refractivity (Wildman–Crippen MR) is 142 cm³/mol. The van der Waals surface area contributed by atoms with Crippen LogP contribution in [-0.2, 0) is 36.7 Å². The third-order valence-electron chi connectivity index (χ3n) is 7.46. The molecule has 10 atom stereocenters. The average Bonchev–Trinajstić information content (AvgIpc) is 3.72. The Hall–Kier alpha value is -3.44. The molecule has 3 saturated heterocycles. The number of aliphatic hydroxyl groups excluding tert-OH is 2. The molecular formula is C21H23N9O14P2-2. The van der Waals surface area contributed by atoms with Crippen LogP contribution < -0.4 is 26.6 Å². The van der Waals surface area contributed by atoms with Gasteiger partial charge in [0.1, 0.15) is 42.4 Å². The average molecular weight is 687 g/mol. The standard InChI is InChI=1S/C21H25N9O14P2/c1-6-25-15-9(17(33)26-6)23-4-29(15)19-11(31)13-7(41-19)2-39-46(37,38)44-14-8(3-40-45(35,36)43-13)42-20(12(14)32)30-5-24-10-16(30)27-21(22)28-18(10)34/h4-5,7-8,11-14,19-20,31-32H,2-3H2,1H3,(H,35,36)(H,37,38)(H,25,26,33)(H3,22,27,28,34)/p-2/t7-,8-,11?,12?,13+,14+,19-,20-/m1/s1. The summed E-state index contributed by atoms with van der Waals surface area (Å²) in [6, 6.07) is 0. The van der Waals surface area contributed by atoms with Crippen LogP contribution in [-0.4, -0.2) is 99.1 Å². The maximum absolute atomic E-state index is 13.0. The third-order valence-corrected chi connectivity index (χ3v) is 9.40. The SMILES string of the molecule is Cc1nc2c(ncn2[C@@H]2O[C@@H]3COP(=O)([O-])O[C@@H]4C(O)[C@H](n5cnc6c(=O)[nH]c(N)nc65)O[C@@H]4COP(=O)([O-])O[C@@H]3C2O)c(=O)[nH]1. The van der Waals surface area contributed by atoms with E-state index in [1.165, 1.54) is 6.92 Å². The number of phosphoric acid groups is 2. The first-order chi connectivity index (χ1) is 21.7. The van der Waals surface area contributed by atoms with Gasteiger partial charge in [-0.15, -0.1) is 0 Å². The molecule has 0 radical (unpaired) electrons. The van der Waals surface area contributed by atoms with Gasteiger partial charge < -0.3 is 58.3 Å². The largest absolute Gasteiger partial charge is 0.756 e. The molecule has 0 saturated carbocycles. The van der Waals surface area contributed by atoms with E-state index in [1.807, 2.05) is 0 Å². The van der Waals surface area contributed by atoms with Gasteiger partial charge in [0, 0.05) is 0 Å². The van der Waals surface area contributed by atoms with Crippen LogP contribution in [0.4, 0.5) is 5.95 Å². The number of nitrogen functional groups attached to an aromatic ring is 1. The van der Waals surface area contributed by atoms with E-state index in [0.717, 1.165) is 21.8 Å². The molecular weight excluding hydrogens is 664 g/mol. The summed E-state index contributed by atoms with van der Waals surface area (Å²) >= 11 is 0. The minimum absolute atomic E-state index is 0.0235. The van der Waals surface area contributed by atoms with Crippen molar-refractivity contribution in [2.45, 2.75) is 56.0 Å². The highest BCUT2D eigenvalue weighted by atomic mass is 31.2. The Labute approximate surface area is 254 Å². The number of aliphatic hydroxyl groups is 2. The molecule has 248 valence electrons. The predicted octanol–water partition coefficient (Wildman–Crippen LogP) is -3.59. The van der Waals surface area contributed by atoms with Crippen LogP contribution in [0.5, 0.6) is 0 Å². The molecule has 3 aliphatic heterocycles. The minimum atomic E-state index is -5.35. The molecule has 3 aliphatic rings. The Bertz CT molecular complexity index is 1900. The Balaban J connectivity index is 1.18.